The van der Waals surface area contributed by atoms with Crippen LogP contribution in [-0.2, 0) is 32.0 Å². The maximum atomic E-state index is 12.5. The molecule has 0 atom stereocenters. The van der Waals surface area contributed by atoms with Crippen molar-refractivity contribution in [2.24, 2.45) is 7.05 Å². The van der Waals surface area contributed by atoms with Gasteiger partial charge in [-0.15, -0.1) is 0 Å². The van der Waals surface area contributed by atoms with Crippen molar-refractivity contribution < 1.29 is 0 Å². The van der Waals surface area contributed by atoms with E-state index in [1.807, 2.05) is 14.0 Å². The van der Waals surface area contributed by atoms with E-state index in [2.05, 4.69) is 47.1 Å². The maximum Gasteiger partial charge on any atom is 0.255 e. The molecule has 0 saturated carbocycles. The lowest BCUT2D eigenvalue weighted by Crippen LogP contribution is -2.37. The summed E-state index contributed by atoms with van der Waals surface area (Å²) in [6, 6.07) is 0. The van der Waals surface area contributed by atoms with E-state index in [-0.39, 0.29) is 11.0 Å². The minimum atomic E-state index is -0.145. The van der Waals surface area contributed by atoms with Crippen LogP contribution in [0.2, 0.25) is 0 Å². The van der Waals surface area contributed by atoms with Crippen molar-refractivity contribution in [2.45, 2.75) is 59.5 Å². The summed E-state index contributed by atoms with van der Waals surface area (Å²) in [5.41, 5.74) is 3.87. The predicted molar refractivity (Wildman–Crippen MR) is 94.1 cm³/mol. The zero-order chi connectivity index (χ0) is 17.6. The third-order valence-electron chi connectivity index (χ3n) is 4.93. The summed E-state index contributed by atoms with van der Waals surface area (Å²) in [5.74, 6) is 1.82. The number of nitrogens with one attached hydrogen (secondary N) is 1. The van der Waals surface area contributed by atoms with Crippen LogP contribution in [0.3, 0.4) is 0 Å². The van der Waals surface area contributed by atoms with Crippen LogP contribution in [0.1, 0.15) is 55.1 Å². The first kappa shape index (κ1) is 16.9. The number of hydrogen-bond donors (Lipinski definition) is 1. The molecule has 24 heavy (non-hydrogen) atoms. The number of aromatic amines is 1. The standard InChI is InChI=1S/C18H27N5O/c1-11-12(2)22(6)15(19-11)10-23-8-7-14-13(9-23)16(24)21-17(20-14)18(3,4)5/h7-10H2,1-6H3,(H,20,21,24). The average molecular weight is 329 g/mol. The number of H-pyrrole nitrogens is 1. The molecule has 0 radical (unpaired) electrons. The van der Waals surface area contributed by atoms with Crippen molar-refractivity contribution in [2.75, 3.05) is 6.54 Å². The monoisotopic (exact) mass is 329 g/mol. The Morgan fingerprint density at radius 2 is 1.92 bits per heavy atom. The lowest BCUT2D eigenvalue weighted by Gasteiger charge is -2.28. The van der Waals surface area contributed by atoms with Gasteiger partial charge in [-0.3, -0.25) is 9.69 Å². The summed E-state index contributed by atoms with van der Waals surface area (Å²) in [7, 11) is 2.05. The molecule has 6 nitrogen and oxygen atoms in total. The van der Waals surface area contributed by atoms with E-state index in [1.54, 1.807) is 0 Å². The lowest BCUT2D eigenvalue weighted by atomic mass is 9.95. The number of fused-ring (bicyclic) bond motifs is 1. The number of hydrogen-bond acceptors (Lipinski definition) is 4. The van der Waals surface area contributed by atoms with E-state index in [0.29, 0.717) is 6.54 Å². The zero-order valence-electron chi connectivity index (χ0n) is 15.5. The van der Waals surface area contributed by atoms with Gasteiger partial charge in [0, 0.05) is 37.7 Å². The molecule has 1 aliphatic rings. The number of nitrogens with zero attached hydrogens (tertiary/aromatic N) is 4. The second-order valence-electron chi connectivity index (χ2n) is 7.81. The first-order valence-electron chi connectivity index (χ1n) is 8.50. The summed E-state index contributed by atoms with van der Waals surface area (Å²) in [4.78, 5) is 27.1. The van der Waals surface area contributed by atoms with Crippen molar-refractivity contribution >= 4 is 0 Å². The Kier molecular flexibility index (Phi) is 4.11. The summed E-state index contributed by atoms with van der Waals surface area (Å²) in [5, 5.41) is 0. The van der Waals surface area contributed by atoms with Gasteiger partial charge in [-0.1, -0.05) is 20.8 Å². The summed E-state index contributed by atoms with van der Waals surface area (Å²) >= 11 is 0. The van der Waals surface area contributed by atoms with Crippen LogP contribution < -0.4 is 5.56 Å². The van der Waals surface area contributed by atoms with Crippen LogP contribution in [0.25, 0.3) is 0 Å². The Morgan fingerprint density at radius 3 is 2.50 bits per heavy atom. The molecule has 0 unspecified atom stereocenters. The molecule has 0 saturated heterocycles. The van der Waals surface area contributed by atoms with Crippen molar-refractivity contribution in [1.82, 2.24) is 24.4 Å². The quantitative estimate of drug-likeness (QED) is 0.915. The molecular weight excluding hydrogens is 302 g/mol. The molecule has 3 heterocycles. The highest BCUT2D eigenvalue weighted by molar-refractivity contribution is 5.23. The SMILES string of the molecule is Cc1nc(CN2CCc3nc(C(C)(C)C)[nH]c(=O)c3C2)n(C)c1C. The number of imidazole rings is 1. The van der Waals surface area contributed by atoms with Crippen LogP contribution in [0.4, 0.5) is 0 Å². The molecule has 6 heteroatoms. The van der Waals surface area contributed by atoms with Gasteiger partial charge in [-0.25, -0.2) is 9.97 Å². The molecule has 0 amide bonds. The van der Waals surface area contributed by atoms with Gasteiger partial charge >= 0.3 is 0 Å². The van der Waals surface area contributed by atoms with Gasteiger partial charge < -0.3 is 9.55 Å². The molecular formula is C18H27N5O. The summed E-state index contributed by atoms with van der Waals surface area (Å²) in [6.07, 6.45) is 0.810. The number of rotatable bonds is 2. The Labute approximate surface area is 142 Å². The molecule has 1 N–H and O–H groups in total. The van der Waals surface area contributed by atoms with Gasteiger partial charge in [0.2, 0.25) is 0 Å². The van der Waals surface area contributed by atoms with E-state index in [0.717, 1.165) is 48.1 Å². The summed E-state index contributed by atoms with van der Waals surface area (Å²) in [6.45, 7) is 12.6. The molecule has 2 aromatic rings. The Hall–Kier alpha value is -1.95. The predicted octanol–water partition coefficient (Wildman–Crippen LogP) is 1.98. The molecule has 130 valence electrons. The van der Waals surface area contributed by atoms with Gasteiger partial charge in [0.25, 0.3) is 5.56 Å². The van der Waals surface area contributed by atoms with Crippen LogP contribution in [0.15, 0.2) is 4.79 Å². The minimum Gasteiger partial charge on any atom is -0.334 e. The second kappa shape index (κ2) is 5.84. The third-order valence-corrected chi connectivity index (χ3v) is 4.93. The van der Waals surface area contributed by atoms with Crippen molar-refractivity contribution in [3.05, 3.63) is 44.6 Å². The topological polar surface area (TPSA) is 66.8 Å². The molecule has 1 aliphatic heterocycles. The summed E-state index contributed by atoms with van der Waals surface area (Å²) < 4.78 is 2.13. The third kappa shape index (κ3) is 3.02. The van der Waals surface area contributed by atoms with E-state index < -0.39 is 0 Å². The van der Waals surface area contributed by atoms with Crippen LogP contribution in [0, 0.1) is 13.8 Å². The molecule has 3 rings (SSSR count). The fourth-order valence-electron chi connectivity index (χ4n) is 3.10. The highest BCUT2D eigenvalue weighted by Crippen LogP contribution is 2.21. The van der Waals surface area contributed by atoms with Gasteiger partial charge in [-0.05, 0) is 13.8 Å². The molecule has 0 fully saturated rings. The van der Waals surface area contributed by atoms with E-state index >= 15 is 0 Å². The van der Waals surface area contributed by atoms with Gasteiger partial charge in [0.1, 0.15) is 11.6 Å². The second-order valence-corrected chi connectivity index (χ2v) is 7.81. The molecule has 0 aliphatic carbocycles. The van der Waals surface area contributed by atoms with Crippen LogP contribution in [-0.4, -0.2) is 31.0 Å². The zero-order valence-corrected chi connectivity index (χ0v) is 15.5. The molecule has 0 aromatic carbocycles. The van der Waals surface area contributed by atoms with Crippen LogP contribution >= 0.6 is 0 Å². The van der Waals surface area contributed by atoms with Crippen molar-refractivity contribution in [3.63, 3.8) is 0 Å². The van der Waals surface area contributed by atoms with Gasteiger partial charge in [-0.2, -0.15) is 0 Å². The number of aryl methyl sites for hydroxylation is 1. The normalized spacial score (nSPS) is 15.6. The van der Waals surface area contributed by atoms with Crippen molar-refractivity contribution in [1.29, 1.82) is 0 Å². The maximum absolute atomic E-state index is 12.5. The van der Waals surface area contributed by atoms with E-state index in [1.165, 1.54) is 5.69 Å². The number of aromatic nitrogens is 4. The van der Waals surface area contributed by atoms with E-state index in [4.69, 9.17) is 4.98 Å². The van der Waals surface area contributed by atoms with Crippen LogP contribution in [0.5, 0.6) is 0 Å². The fourth-order valence-corrected chi connectivity index (χ4v) is 3.10. The highest BCUT2D eigenvalue weighted by Gasteiger charge is 2.25. The lowest BCUT2D eigenvalue weighted by molar-refractivity contribution is 0.232. The molecule has 0 bridgehead atoms. The largest absolute Gasteiger partial charge is 0.334 e. The smallest absolute Gasteiger partial charge is 0.255 e. The van der Waals surface area contributed by atoms with Crippen molar-refractivity contribution in [3.8, 4) is 0 Å². The molecule has 0 spiro atoms. The highest BCUT2D eigenvalue weighted by atomic mass is 16.1. The Balaban J connectivity index is 1.84. The first-order chi connectivity index (χ1) is 11.2. The average Bonchev–Trinajstić information content (AvgIpc) is 2.74. The van der Waals surface area contributed by atoms with Gasteiger partial charge in [0.05, 0.1) is 23.5 Å². The molecule has 2 aromatic heterocycles. The Bertz CT molecular complexity index is 825. The first-order valence-corrected chi connectivity index (χ1v) is 8.50. The van der Waals surface area contributed by atoms with E-state index in [9.17, 15) is 4.79 Å². The van der Waals surface area contributed by atoms with Gasteiger partial charge in [0.15, 0.2) is 0 Å². The minimum absolute atomic E-state index is 0.00169. The Morgan fingerprint density at radius 1 is 1.21 bits per heavy atom. The fraction of sp³-hybridized carbons (Fsp3) is 0.611.